The molecule has 234 valence electrons. The molecule has 2 amide bonds. The maximum atomic E-state index is 14.2. The second-order valence-corrected chi connectivity index (χ2v) is 13.8. The molecule has 0 atom stereocenters. The van der Waals surface area contributed by atoms with Gasteiger partial charge in [0.15, 0.2) is 0 Å². The van der Waals surface area contributed by atoms with Gasteiger partial charge in [-0.1, -0.05) is 29.8 Å². The lowest BCUT2D eigenvalue weighted by molar-refractivity contribution is -0.136. The third kappa shape index (κ3) is 6.78. The topological polar surface area (TPSA) is 119 Å². The largest absolute Gasteiger partial charge is 0.341 e. The van der Waals surface area contributed by atoms with Crippen LogP contribution in [0.5, 0.6) is 0 Å². The number of likely N-dealkylation sites (tertiary alicyclic amines) is 1. The van der Waals surface area contributed by atoms with E-state index in [0.717, 1.165) is 34.2 Å². The van der Waals surface area contributed by atoms with Crippen LogP contribution in [0.1, 0.15) is 24.0 Å². The summed E-state index contributed by atoms with van der Waals surface area (Å²) in [4.78, 5) is 56.3. The van der Waals surface area contributed by atoms with E-state index in [0.29, 0.717) is 43.5 Å². The quantitative estimate of drug-likeness (QED) is 0.388. The third-order valence-corrected chi connectivity index (χ3v) is 9.49. The molecule has 14 heteroatoms. The number of hydrogen-bond acceptors (Lipinski definition) is 6. The highest BCUT2D eigenvalue weighted by molar-refractivity contribution is 7.90. The van der Waals surface area contributed by atoms with Crippen LogP contribution in [-0.4, -0.2) is 76.9 Å². The first-order valence-corrected chi connectivity index (χ1v) is 16.6. The Kier molecular flexibility index (Phi) is 9.07. The molecule has 1 fully saturated rings. The first kappa shape index (κ1) is 31.6. The van der Waals surface area contributed by atoms with Crippen molar-refractivity contribution in [1.29, 1.82) is 0 Å². The van der Waals surface area contributed by atoms with Gasteiger partial charge in [0.05, 0.1) is 22.8 Å². The Morgan fingerprint density at radius 2 is 1.73 bits per heavy atom. The highest BCUT2D eigenvalue weighted by Crippen LogP contribution is 2.28. The number of benzene rings is 2. The van der Waals surface area contributed by atoms with Gasteiger partial charge in [-0.3, -0.25) is 23.5 Å². The number of halogens is 3. The molecule has 0 radical (unpaired) electrons. The highest BCUT2D eigenvalue weighted by atomic mass is 35.5. The predicted octanol–water partition coefficient (Wildman–Crippen LogP) is 2.27. The molecule has 2 aliphatic rings. The Hall–Kier alpha value is -3.84. The van der Waals surface area contributed by atoms with Gasteiger partial charge in [-0.05, 0) is 48.6 Å². The number of nitrogens with zero attached hydrogens (tertiary/aromatic N) is 4. The van der Waals surface area contributed by atoms with E-state index in [4.69, 9.17) is 11.6 Å². The highest BCUT2D eigenvalue weighted by Gasteiger charge is 2.32. The Bertz CT molecular complexity index is 1850. The third-order valence-electron chi connectivity index (χ3n) is 8.18. The van der Waals surface area contributed by atoms with E-state index in [1.165, 1.54) is 24.3 Å². The first-order chi connectivity index (χ1) is 20.8. The van der Waals surface area contributed by atoms with Gasteiger partial charge in [-0.25, -0.2) is 22.0 Å². The number of piperidine rings is 1. The van der Waals surface area contributed by atoms with Crippen molar-refractivity contribution in [3.05, 3.63) is 91.2 Å². The monoisotopic (exact) mass is 648 g/mol. The number of aromatic nitrogens is 2. The number of fused-ring (bicyclic) bond motifs is 1. The zero-order valence-corrected chi connectivity index (χ0v) is 25.5. The van der Waals surface area contributed by atoms with Gasteiger partial charge in [0.2, 0.25) is 11.8 Å². The van der Waals surface area contributed by atoms with Crippen LogP contribution < -0.4 is 11.2 Å². The summed E-state index contributed by atoms with van der Waals surface area (Å²) < 4.78 is 53.3. The molecule has 2 aromatic carbocycles. The Morgan fingerprint density at radius 1 is 1.00 bits per heavy atom. The molecule has 3 aromatic rings. The lowest BCUT2D eigenvalue weighted by Crippen LogP contribution is -2.50. The van der Waals surface area contributed by atoms with E-state index in [1.807, 2.05) is 0 Å². The number of carbonyl (C=O) groups is 2. The van der Waals surface area contributed by atoms with Crippen LogP contribution in [0.2, 0.25) is 5.02 Å². The van der Waals surface area contributed by atoms with Crippen molar-refractivity contribution in [1.82, 2.24) is 18.9 Å². The van der Waals surface area contributed by atoms with Crippen LogP contribution in [0.4, 0.5) is 8.78 Å². The Balaban J connectivity index is 1.34. The normalized spacial score (nSPS) is 16.1. The zero-order valence-electron chi connectivity index (χ0n) is 24.0. The molecule has 5 rings (SSSR count). The SMILES string of the molecule is CS(=O)(=O)CCn1c(=O)c(-c2cccc(F)c2Cl)cn(CC(=O)N2CCC(N3CCc4cc(F)ccc4CC3=O)CC2)c1=O. The average molecular weight is 649 g/mol. The van der Waals surface area contributed by atoms with E-state index in [2.05, 4.69) is 0 Å². The number of rotatable bonds is 7. The fourth-order valence-electron chi connectivity index (χ4n) is 5.81. The van der Waals surface area contributed by atoms with Crippen molar-refractivity contribution < 1.29 is 26.8 Å². The second-order valence-electron chi connectivity index (χ2n) is 11.2. The molecule has 0 spiro atoms. The van der Waals surface area contributed by atoms with Crippen molar-refractivity contribution in [2.75, 3.05) is 31.6 Å². The summed E-state index contributed by atoms with van der Waals surface area (Å²) in [5, 5.41) is -0.353. The predicted molar refractivity (Wildman–Crippen MR) is 160 cm³/mol. The summed E-state index contributed by atoms with van der Waals surface area (Å²) in [6, 6.07) is 8.20. The lowest BCUT2D eigenvalue weighted by Gasteiger charge is -2.38. The van der Waals surface area contributed by atoms with Gasteiger partial charge in [-0.15, -0.1) is 0 Å². The van der Waals surface area contributed by atoms with Gasteiger partial charge in [0, 0.05) is 50.2 Å². The zero-order chi connectivity index (χ0) is 31.8. The van der Waals surface area contributed by atoms with Crippen LogP contribution in [-0.2, 0) is 45.4 Å². The second kappa shape index (κ2) is 12.6. The number of carbonyl (C=O) groups excluding carboxylic acids is 2. The summed E-state index contributed by atoms with van der Waals surface area (Å²) in [6.45, 7) is 0.173. The van der Waals surface area contributed by atoms with Gasteiger partial charge >= 0.3 is 5.69 Å². The molecule has 1 aromatic heterocycles. The van der Waals surface area contributed by atoms with Crippen LogP contribution in [0.25, 0.3) is 11.1 Å². The summed E-state index contributed by atoms with van der Waals surface area (Å²) in [7, 11) is -3.55. The first-order valence-electron chi connectivity index (χ1n) is 14.1. The van der Waals surface area contributed by atoms with E-state index in [9.17, 15) is 36.4 Å². The van der Waals surface area contributed by atoms with Crippen LogP contribution in [0, 0.1) is 11.6 Å². The molecule has 3 heterocycles. The van der Waals surface area contributed by atoms with Gasteiger partial charge < -0.3 is 9.80 Å². The smallest absolute Gasteiger partial charge is 0.331 e. The van der Waals surface area contributed by atoms with Crippen molar-refractivity contribution in [3.63, 3.8) is 0 Å². The molecule has 0 aliphatic carbocycles. The minimum atomic E-state index is -3.55. The number of sulfone groups is 1. The molecule has 2 aliphatic heterocycles. The summed E-state index contributed by atoms with van der Waals surface area (Å²) >= 11 is 6.13. The maximum Gasteiger partial charge on any atom is 0.331 e. The molecule has 44 heavy (non-hydrogen) atoms. The molecule has 1 saturated heterocycles. The van der Waals surface area contributed by atoms with Crippen molar-refractivity contribution in [3.8, 4) is 11.1 Å². The van der Waals surface area contributed by atoms with Crippen LogP contribution in [0.15, 0.2) is 52.2 Å². The minimum absolute atomic E-state index is 0.00112. The van der Waals surface area contributed by atoms with Crippen molar-refractivity contribution in [2.45, 2.75) is 44.8 Å². The lowest BCUT2D eigenvalue weighted by atomic mass is 10.0. The van der Waals surface area contributed by atoms with Gasteiger partial charge in [-0.2, -0.15) is 0 Å². The van der Waals surface area contributed by atoms with Crippen LogP contribution in [0.3, 0.4) is 0 Å². The minimum Gasteiger partial charge on any atom is -0.341 e. The van der Waals surface area contributed by atoms with E-state index < -0.39 is 51.7 Å². The Morgan fingerprint density at radius 3 is 2.43 bits per heavy atom. The van der Waals surface area contributed by atoms with Gasteiger partial charge in [0.1, 0.15) is 28.0 Å². The fraction of sp³-hybridized carbons (Fsp3) is 0.400. The average Bonchev–Trinajstić information content (AvgIpc) is 3.13. The molecule has 0 bridgehead atoms. The molecular weight excluding hydrogens is 618 g/mol. The summed E-state index contributed by atoms with van der Waals surface area (Å²) in [5.41, 5.74) is -0.273. The number of amides is 2. The molecule has 0 unspecified atom stereocenters. The fourth-order valence-corrected chi connectivity index (χ4v) is 6.55. The summed E-state index contributed by atoms with van der Waals surface area (Å²) in [5.74, 6) is -2.10. The summed E-state index contributed by atoms with van der Waals surface area (Å²) in [6.07, 6.45) is 3.85. The Labute approximate surface area is 257 Å². The standard InChI is InChI=1S/C30H31ClF2N4O6S/c1-44(42,43)14-13-37-29(40)24(23-3-2-4-25(33)28(23)31)17-35(30(37)41)18-27(39)34-10-8-22(9-11-34)36-12-7-20-15-21(32)6-5-19(20)16-26(36)38/h2-6,15,17,22H,7-14,16,18H2,1H3. The van der Waals surface area contributed by atoms with Crippen molar-refractivity contribution >= 4 is 33.3 Å². The van der Waals surface area contributed by atoms with Crippen molar-refractivity contribution in [2.24, 2.45) is 0 Å². The van der Waals surface area contributed by atoms with Crippen LogP contribution >= 0.6 is 11.6 Å². The number of hydrogen-bond donors (Lipinski definition) is 0. The van der Waals surface area contributed by atoms with E-state index in [1.54, 1.807) is 15.9 Å². The molecule has 10 nitrogen and oxygen atoms in total. The van der Waals surface area contributed by atoms with Gasteiger partial charge in [0.25, 0.3) is 5.56 Å². The molecule has 0 N–H and O–H groups in total. The molecule has 0 saturated carbocycles. The van der Waals surface area contributed by atoms with E-state index in [-0.39, 0.29) is 40.3 Å². The molecular formula is C30H31ClF2N4O6S. The maximum absolute atomic E-state index is 14.2. The van der Waals surface area contributed by atoms with E-state index >= 15 is 0 Å².